The minimum atomic E-state index is -3.28. The molecule has 1 aromatic carbocycles. The zero-order chi connectivity index (χ0) is 21.7. The highest BCUT2D eigenvalue weighted by molar-refractivity contribution is 7.90. The van der Waals surface area contributed by atoms with E-state index in [1.54, 1.807) is 41.2 Å². The maximum absolute atomic E-state index is 12.8. The molecule has 158 valence electrons. The summed E-state index contributed by atoms with van der Waals surface area (Å²) in [5, 5.41) is 4.29. The summed E-state index contributed by atoms with van der Waals surface area (Å²) in [6, 6.07) is 11.9. The summed E-state index contributed by atoms with van der Waals surface area (Å²) in [7, 11) is -1.55. The van der Waals surface area contributed by atoms with Crippen LogP contribution in [0.4, 0.5) is 0 Å². The number of benzene rings is 1. The van der Waals surface area contributed by atoms with Gasteiger partial charge in [-0.05, 0) is 43.7 Å². The molecule has 0 radical (unpaired) electrons. The lowest BCUT2D eigenvalue weighted by Gasteiger charge is -2.17. The van der Waals surface area contributed by atoms with E-state index in [-0.39, 0.29) is 10.8 Å². The first kappa shape index (κ1) is 21.5. The van der Waals surface area contributed by atoms with E-state index in [1.807, 2.05) is 25.1 Å². The third kappa shape index (κ3) is 5.04. The molecular weight excluding hydrogens is 404 g/mol. The van der Waals surface area contributed by atoms with Gasteiger partial charge in [0.2, 0.25) is 0 Å². The molecular formula is C21H24N4O4S. The highest BCUT2D eigenvalue weighted by Crippen LogP contribution is 2.18. The van der Waals surface area contributed by atoms with Crippen LogP contribution < -0.4 is 4.74 Å². The van der Waals surface area contributed by atoms with Crippen molar-refractivity contribution in [1.29, 1.82) is 0 Å². The molecule has 0 saturated heterocycles. The summed E-state index contributed by atoms with van der Waals surface area (Å²) in [5.74, 6) is 1.01. The third-order valence-corrected chi connectivity index (χ3v) is 5.70. The van der Waals surface area contributed by atoms with Gasteiger partial charge in [0.15, 0.2) is 15.7 Å². The van der Waals surface area contributed by atoms with Crippen molar-refractivity contribution in [2.75, 3.05) is 26.5 Å². The van der Waals surface area contributed by atoms with Crippen molar-refractivity contribution < 1.29 is 17.9 Å². The van der Waals surface area contributed by atoms with Crippen molar-refractivity contribution in [3.05, 3.63) is 66.1 Å². The number of carbonyl (C=O) groups is 1. The minimum absolute atomic E-state index is 0.131. The number of hydrogen-bond donors (Lipinski definition) is 0. The number of rotatable bonds is 8. The van der Waals surface area contributed by atoms with Crippen molar-refractivity contribution in [2.45, 2.75) is 18.2 Å². The average Bonchev–Trinajstić information content (AvgIpc) is 3.12. The van der Waals surface area contributed by atoms with E-state index in [0.29, 0.717) is 36.7 Å². The van der Waals surface area contributed by atoms with Gasteiger partial charge < -0.3 is 9.64 Å². The van der Waals surface area contributed by atoms with Gasteiger partial charge in [-0.25, -0.2) is 18.1 Å². The first-order chi connectivity index (χ1) is 14.3. The maximum atomic E-state index is 12.8. The first-order valence-corrected chi connectivity index (χ1v) is 11.3. The van der Waals surface area contributed by atoms with E-state index in [1.165, 1.54) is 12.1 Å². The van der Waals surface area contributed by atoms with Crippen LogP contribution in [0.15, 0.2) is 59.8 Å². The quantitative estimate of drug-likeness (QED) is 0.512. The molecule has 2 aromatic heterocycles. The summed E-state index contributed by atoms with van der Waals surface area (Å²) < 4.78 is 30.5. The van der Waals surface area contributed by atoms with Gasteiger partial charge in [-0.2, -0.15) is 5.10 Å². The molecule has 0 N–H and O–H groups in total. The van der Waals surface area contributed by atoms with Gasteiger partial charge in [0.1, 0.15) is 5.75 Å². The van der Waals surface area contributed by atoms with Gasteiger partial charge in [0.25, 0.3) is 5.91 Å². The van der Waals surface area contributed by atoms with E-state index >= 15 is 0 Å². The Hall–Kier alpha value is -3.20. The SMILES string of the molecule is Cc1c(C(=O)N(C)CCCOc2cccc(S(C)(=O)=O)c2)cnn1-c1ccccn1. The number of pyridine rings is 1. The molecule has 0 bridgehead atoms. The number of aromatic nitrogens is 3. The van der Waals surface area contributed by atoms with Crippen LogP contribution in [-0.2, 0) is 9.84 Å². The minimum Gasteiger partial charge on any atom is -0.493 e. The molecule has 30 heavy (non-hydrogen) atoms. The van der Waals surface area contributed by atoms with Crippen LogP contribution >= 0.6 is 0 Å². The van der Waals surface area contributed by atoms with Crippen LogP contribution in [0.3, 0.4) is 0 Å². The van der Waals surface area contributed by atoms with Crippen LogP contribution in [0.5, 0.6) is 5.75 Å². The molecule has 1 amide bonds. The predicted octanol–water partition coefficient (Wildman–Crippen LogP) is 2.52. The summed E-state index contributed by atoms with van der Waals surface area (Å²) in [4.78, 5) is 18.9. The van der Waals surface area contributed by atoms with Crippen molar-refractivity contribution >= 4 is 15.7 Å². The van der Waals surface area contributed by atoms with Crippen LogP contribution in [0.2, 0.25) is 0 Å². The Morgan fingerprint density at radius 2 is 2.00 bits per heavy atom. The van der Waals surface area contributed by atoms with Gasteiger partial charge in [-0.1, -0.05) is 12.1 Å². The summed E-state index contributed by atoms with van der Waals surface area (Å²) in [6.45, 7) is 2.68. The van der Waals surface area contributed by atoms with Crippen molar-refractivity contribution in [2.24, 2.45) is 0 Å². The second kappa shape index (κ2) is 9.08. The van der Waals surface area contributed by atoms with Crippen LogP contribution in [0, 0.1) is 6.92 Å². The molecule has 0 fully saturated rings. The smallest absolute Gasteiger partial charge is 0.257 e. The fourth-order valence-corrected chi connectivity index (χ4v) is 3.58. The third-order valence-electron chi connectivity index (χ3n) is 4.59. The highest BCUT2D eigenvalue weighted by Gasteiger charge is 2.19. The molecule has 8 nitrogen and oxygen atoms in total. The second-order valence-corrected chi connectivity index (χ2v) is 8.93. The number of nitrogens with zero attached hydrogens (tertiary/aromatic N) is 4. The van der Waals surface area contributed by atoms with Gasteiger partial charge in [0, 0.05) is 26.0 Å². The Balaban J connectivity index is 1.55. The lowest BCUT2D eigenvalue weighted by molar-refractivity contribution is 0.0787. The normalized spacial score (nSPS) is 11.3. The molecule has 0 aliphatic rings. The molecule has 3 rings (SSSR count). The number of hydrogen-bond acceptors (Lipinski definition) is 6. The Bertz CT molecular complexity index is 1130. The summed E-state index contributed by atoms with van der Waals surface area (Å²) in [6.07, 6.45) is 4.98. The van der Waals surface area contributed by atoms with E-state index in [2.05, 4.69) is 10.1 Å². The summed E-state index contributed by atoms with van der Waals surface area (Å²) >= 11 is 0. The maximum Gasteiger partial charge on any atom is 0.257 e. The highest BCUT2D eigenvalue weighted by atomic mass is 32.2. The molecule has 0 saturated carbocycles. The number of ether oxygens (including phenoxy) is 1. The summed E-state index contributed by atoms with van der Waals surface area (Å²) in [5.41, 5.74) is 1.24. The predicted molar refractivity (Wildman–Crippen MR) is 113 cm³/mol. The zero-order valence-corrected chi connectivity index (χ0v) is 18.0. The van der Waals surface area contributed by atoms with Crippen molar-refractivity contribution in [3.63, 3.8) is 0 Å². The Morgan fingerprint density at radius 3 is 2.70 bits per heavy atom. The van der Waals surface area contributed by atoms with Gasteiger partial charge in [-0.3, -0.25) is 4.79 Å². The largest absolute Gasteiger partial charge is 0.493 e. The fourth-order valence-electron chi connectivity index (χ4n) is 2.92. The first-order valence-electron chi connectivity index (χ1n) is 9.42. The standard InChI is InChI=1S/C21H24N4O4S/c1-16-19(15-23-25(16)20-10-4-5-11-22-20)21(26)24(2)12-7-13-29-17-8-6-9-18(14-17)30(3,27)28/h4-6,8-11,14-15H,7,12-13H2,1-3H3. The topological polar surface area (TPSA) is 94.4 Å². The average molecular weight is 429 g/mol. The molecule has 0 aliphatic heterocycles. The molecule has 3 aromatic rings. The van der Waals surface area contributed by atoms with E-state index in [0.717, 1.165) is 11.9 Å². The van der Waals surface area contributed by atoms with Crippen molar-refractivity contribution in [3.8, 4) is 11.6 Å². The Kier molecular flexibility index (Phi) is 6.51. The lowest BCUT2D eigenvalue weighted by Crippen LogP contribution is -2.29. The van der Waals surface area contributed by atoms with E-state index in [4.69, 9.17) is 4.74 Å². The number of sulfone groups is 1. The zero-order valence-electron chi connectivity index (χ0n) is 17.1. The molecule has 0 atom stereocenters. The second-order valence-electron chi connectivity index (χ2n) is 6.92. The molecule has 0 unspecified atom stereocenters. The molecule has 9 heteroatoms. The van der Waals surface area contributed by atoms with Gasteiger partial charge >= 0.3 is 0 Å². The molecule has 0 aliphatic carbocycles. The lowest BCUT2D eigenvalue weighted by atomic mass is 10.2. The van der Waals surface area contributed by atoms with Crippen LogP contribution in [-0.4, -0.2) is 60.4 Å². The Labute approximate surface area is 176 Å². The van der Waals surface area contributed by atoms with Crippen molar-refractivity contribution in [1.82, 2.24) is 19.7 Å². The van der Waals surface area contributed by atoms with E-state index < -0.39 is 9.84 Å². The van der Waals surface area contributed by atoms with Gasteiger partial charge in [0.05, 0.1) is 29.0 Å². The Morgan fingerprint density at radius 1 is 1.20 bits per heavy atom. The molecule has 2 heterocycles. The van der Waals surface area contributed by atoms with Crippen LogP contribution in [0.1, 0.15) is 22.5 Å². The van der Waals surface area contributed by atoms with E-state index in [9.17, 15) is 13.2 Å². The van der Waals surface area contributed by atoms with Crippen LogP contribution in [0.25, 0.3) is 5.82 Å². The van der Waals surface area contributed by atoms with Gasteiger partial charge in [-0.15, -0.1) is 0 Å². The molecule has 0 spiro atoms. The number of amides is 1. The monoisotopic (exact) mass is 428 g/mol. The number of carbonyl (C=O) groups excluding carboxylic acids is 1. The fraction of sp³-hybridized carbons (Fsp3) is 0.286.